The standard InChI is InChI=1S/C14H10BrFINO/c15-12-6-5-11(17)8-13(12)18-14(19)7-9-1-3-10(16)4-2-9/h1-6,8H,7H2,(H,18,19). The van der Waals surface area contributed by atoms with Gasteiger partial charge in [-0.1, -0.05) is 12.1 Å². The van der Waals surface area contributed by atoms with Crippen LogP contribution in [0.15, 0.2) is 46.9 Å². The molecular formula is C14H10BrFINO. The molecule has 2 aromatic carbocycles. The molecule has 0 fully saturated rings. The Balaban J connectivity index is 2.05. The lowest BCUT2D eigenvalue weighted by atomic mass is 10.1. The normalized spacial score (nSPS) is 10.3. The Morgan fingerprint density at radius 3 is 2.58 bits per heavy atom. The summed E-state index contributed by atoms with van der Waals surface area (Å²) < 4.78 is 14.6. The van der Waals surface area contributed by atoms with E-state index in [4.69, 9.17) is 0 Å². The zero-order valence-electron chi connectivity index (χ0n) is 9.79. The van der Waals surface area contributed by atoms with Gasteiger partial charge in [0.1, 0.15) is 5.82 Å². The van der Waals surface area contributed by atoms with E-state index in [-0.39, 0.29) is 18.1 Å². The molecule has 0 radical (unpaired) electrons. The van der Waals surface area contributed by atoms with E-state index in [0.717, 1.165) is 19.3 Å². The van der Waals surface area contributed by atoms with Gasteiger partial charge in [-0.3, -0.25) is 4.79 Å². The third-order valence-corrected chi connectivity index (χ3v) is 3.84. The van der Waals surface area contributed by atoms with Crippen LogP contribution in [0.3, 0.4) is 0 Å². The van der Waals surface area contributed by atoms with Crippen molar-refractivity contribution in [2.75, 3.05) is 5.32 Å². The van der Waals surface area contributed by atoms with Crippen LogP contribution in [-0.2, 0) is 11.2 Å². The highest BCUT2D eigenvalue weighted by Crippen LogP contribution is 2.24. The summed E-state index contributed by atoms with van der Waals surface area (Å²) in [6.45, 7) is 0. The fourth-order valence-corrected chi connectivity index (χ4v) is 2.41. The largest absolute Gasteiger partial charge is 0.325 e. The Morgan fingerprint density at radius 1 is 1.21 bits per heavy atom. The topological polar surface area (TPSA) is 29.1 Å². The van der Waals surface area contributed by atoms with Gasteiger partial charge in [-0.15, -0.1) is 0 Å². The summed E-state index contributed by atoms with van der Waals surface area (Å²) in [6.07, 6.45) is 0.220. The van der Waals surface area contributed by atoms with Crippen LogP contribution in [-0.4, -0.2) is 5.91 Å². The van der Waals surface area contributed by atoms with E-state index in [0.29, 0.717) is 0 Å². The third kappa shape index (κ3) is 4.28. The van der Waals surface area contributed by atoms with Crippen LogP contribution >= 0.6 is 38.5 Å². The van der Waals surface area contributed by atoms with Crippen LogP contribution in [0.4, 0.5) is 10.1 Å². The van der Waals surface area contributed by atoms with Crippen molar-refractivity contribution in [3.05, 3.63) is 61.9 Å². The predicted octanol–water partition coefficient (Wildman–Crippen LogP) is 4.37. The van der Waals surface area contributed by atoms with Crippen molar-refractivity contribution in [2.24, 2.45) is 0 Å². The molecule has 5 heteroatoms. The van der Waals surface area contributed by atoms with E-state index in [2.05, 4.69) is 43.8 Å². The maximum atomic E-state index is 12.8. The second kappa shape index (κ2) is 6.47. The first-order valence-corrected chi connectivity index (χ1v) is 7.41. The lowest BCUT2D eigenvalue weighted by Gasteiger charge is -2.08. The SMILES string of the molecule is O=C(Cc1ccc(F)cc1)Nc1cc(I)ccc1Br. The number of carbonyl (C=O) groups excluding carboxylic acids is 1. The molecule has 0 saturated heterocycles. The van der Waals surface area contributed by atoms with Crippen LogP contribution in [0.25, 0.3) is 0 Å². The van der Waals surface area contributed by atoms with Gasteiger partial charge < -0.3 is 5.32 Å². The highest BCUT2D eigenvalue weighted by molar-refractivity contribution is 14.1. The minimum absolute atomic E-state index is 0.130. The van der Waals surface area contributed by atoms with Crippen molar-refractivity contribution in [2.45, 2.75) is 6.42 Å². The van der Waals surface area contributed by atoms with E-state index in [1.807, 2.05) is 18.2 Å². The molecule has 0 heterocycles. The molecule has 98 valence electrons. The first-order chi connectivity index (χ1) is 9.04. The zero-order valence-corrected chi connectivity index (χ0v) is 13.5. The lowest BCUT2D eigenvalue weighted by Crippen LogP contribution is -2.14. The molecule has 2 aromatic rings. The molecule has 0 saturated carbocycles. The van der Waals surface area contributed by atoms with Crippen LogP contribution in [0.5, 0.6) is 0 Å². The summed E-state index contributed by atoms with van der Waals surface area (Å²) in [5.41, 5.74) is 1.51. The number of anilines is 1. The van der Waals surface area contributed by atoms with Crippen molar-refractivity contribution in [3.63, 3.8) is 0 Å². The maximum Gasteiger partial charge on any atom is 0.228 e. The molecule has 0 aliphatic carbocycles. The molecule has 0 spiro atoms. The molecule has 1 N–H and O–H groups in total. The second-order valence-corrected chi connectivity index (χ2v) is 6.08. The minimum atomic E-state index is -0.301. The smallest absolute Gasteiger partial charge is 0.228 e. The Labute approximate surface area is 132 Å². The Bertz CT molecular complexity index is 601. The van der Waals surface area contributed by atoms with Gasteiger partial charge in [0, 0.05) is 8.04 Å². The average Bonchev–Trinajstić information content (AvgIpc) is 2.37. The van der Waals surface area contributed by atoms with E-state index in [1.54, 1.807) is 12.1 Å². The van der Waals surface area contributed by atoms with E-state index in [9.17, 15) is 9.18 Å². The summed E-state index contributed by atoms with van der Waals surface area (Å²) in [5.74, 6) is -0.432. The van der Waals surface area contributed by atoms with Crippen LogP contribution < -0.4 is 5.32 Å². The lowest BCUT2D eigenvalue weighted by molar-refractivity contribution is -0.115. The molecule has 1 amide bonds. The van der Waals surface area contributed by atoms with Gasteiger partial charge in [-0.05, 0) is 74.4 Å². The van der Waals surface area contributed by atoms with Crippen LogP contribution in [0.2, 0.25) is 0 Å². The predicted molar refractivity (Wildman–Crippen MR) is 85.6 cm³/mol. The number of carbonyl (C=O) groups is 1. The number of rotatable bonds is 3. The molecule has 0 unspecified atom stereocenters. The van der Waals surface area contributed by atoms with Gasteiger partial charge in [0.05, 0.1) is 12.1 Å². The Hall–Kier alpha value is -0.950. The van der Waals surface area contributed by atoms with Gasteiger partial charge in [-0.2, -0.15) is 0 Å². The van der Waals surface area contributed by atoms with E-state index < -0.39 is 0 Å². The molecule has 0 atom stereocenters. The van der Waals surface area contributed by atoms with Crippen LogP contribution in [0.1, 0.15) is 5.56 Å². The number of hydrogen-bond donors (Lipinski definition) is 1. The molecule has 0 aliphatic rings. The maximum absolute atomic E-state index is 12.8. The molecule has 19 heavy (non-hydrogen) atoms. The van der Waals surface area contributed by atoms with Gasteiger partial charge in [0.15, 0.2) is 0 Å². The molecule has 0 aromatic heterocycles. The summed E-state index contributed by atoms with van der Waals surface area (Å²) in [4.78, 5) is 11.9. The average molecular weight is 434 g/mol. The number of hydrogen-bond acceptors (Lipinski definition) is 1. The first-order valence-electron chi connectivity index (χ1n) is 5.54. The highest BCUT2D eigenvalue weighted by Gasteiger charge is 2.07. The van der Waals surface area contributed by atoms with E-state index in [1.165, 1.54) is 12.1 Å². The number of amides is 1. The fraction of sp³-hybridized carbons (Fsp3) is 0.0714. The monoisotopic (exact) mass is 433 g/mol. The van der Waals surface area contributed by atoms with E-state index >= 15 is 0 Å². The fourth-order valence-electron chi connectivity index (χ4n) is 1.58. The van der Waals surface area contributed by atoms with Crippen molar-refractivity contribution >= 4 is 50.1 Å². The van der Waals surface area contributed by atoms with Crippen LogP contribution in [0, 0.1) is 9.39 Å². The summed E-state index contributed by atoms with van der Waals surface area (Å²) in [6, 6.07) is 11.6. The molecular weight excluding hydrogens is 424 g/mol. The van der Waals surface area contributed by atoms with Gasteiger partial charge >= 0.3 is 0 Å². The quantitative estimate of drug-likeness (QED) is 0.715. The summed E-state index contributed by atoms with van der Waals surface area (Å²) >= 11 is 5.57. The molecule has 0 aliphatic heterocycles. The van der Waals surface area contributed by atoms with Crippen molar-refractivity contribution in [1.82, 2.24) is 0 Å². The number of nitrogens with one attached hydrogen (secondary N) is 1. The number of halogens is 3. The van der Waals surface area contributed by atoms with Crippen molar-refractivity contribution in [3.8, 4) is 0 Å². The molecule has 2 rings (SSSR count). The van der Waals surface area contributed by atoms with Gasteiger partial charge in [0.25, 0.3) is 0 Å². The zero-order chi connectivity index (χ0) is 13.8. The molecule has 0 bridgehead atoms. The van der Waals surface area contributed by atoms with Crippen molar-refractivity contribution < 1.29 is 9.18 Å². The Morgan fingerprint density at radius 2 is 1.89 bits per heavy atom. The first kappa shape index (κ1) is 14.5. The van der Waals surface area contributed by atoms with Crippen molar-refractivity contribution in [1.29, 1.82) is 0 Å². The van der Waals surface area contributed by atoms with Gasteiger partial charge in [-0.25, -0.2) is 4.39 Å². The second-order valence-electron chi connectivity index (χ2n) is 3.98. The number of benzene rings is 2. The third-order valence-electron chi connectivity index (χ3n) is 2.48. The Kier molecular flexibility index (Phi) is 4.93. The summed E-state index contributed by atoms with van der Waals surface area (Å²) in [7, 11) is 0. The summed E-state index contributed by atoms with van der Waals surface area (Å²) in [5, 5.41) is 2.83. The molecule has 2 nitrogen and oxygen atoms in total. The minimum Gasteiger partial charge on any atom is -0.325 e. The van der Waals surface area contributed by atoms with Gasteiger partial charge in [0.2, 0.25) is 5.91 Å². The highest BCUT2D eigenvalue weighted by atomic mass is 127.